The van der Waals surface area contributed by atoms with Gasteiger partial charge < -0.3 is 10.2 Å². The quantitative estimate of drug-likeness (QED) is 0.788. The maximum Gasteiger partial charge on any atom is 0.290 e. The van der Waals surface area contributed by atoms with Gasteiger partial charge in [0.2, 0.25) is 5.82 Å². The minimum Gasteiger partial charge on any atom is -0.336 e. The number of carbonyl (C=O) groups is 2. The molecule has 1 N–H and O–H groups in total. The molecule has 1 aromatic carbocycles. The maximum absolute atomic E-state index is 13.0. The first kappa shape index (κ1) is 16.3. The third kappa shape index (κ3) is 2.92. The zero-order valence-electron chi connectivity index (χ0n) is 14.0. The molecule has 26 heavy (non-hydrogen) atoms. The van der Waals surface area contributed by atoms with Crippen molar-refractivity contribution in [1.82, 2.24) is 14.3 Å². The van der Waals surface area contributed by atoms with Gasteiger partial charge in [-0.1, -0.05) is 6.07 Å². The van der Waals surface area contributed by atoms with Gasteiger partial charge in [0.15, 0.2) is 5.69 Å². The summed E-state index contributed by atoms with van der Waals surface area (Å²) in [6, 6.07) is 10.8. The van der Waals surface area contributed by atoms with Crippen LogP contribution in [0.15, 0.2) is 48.7 Å². The number of imidazole rings is 1. The summed E-state index contributed by atoms with van der Waals surface area (Å²) in [6.45, 7) is 1.41. The lowest BCUT2D eigenvalue weighted by Crippen LogP contribution is -2.29. The van der Waals surface area contributed by atoms with E-state index in [1.54, 1.807) is 33.7 Å². The minimum atomic E-state index is -0.444. The highest BCUT2D eigenvalue weighted by Gasteiger charge is 2.26. The summed E-state index contributed by atoms with van der Waals surface area (Å²) in [5.41, 5.74) is 1.17. The van der Waals surface area contributed by atoms with Gasteiger partial charge >= 0.3 is 0 Å². The second-order valence-electron chi connectivity index (χ2n) is 6.20. The second-order valence-corrected chi connectivity index (χ2v) is 6.20. The molecule has 3 aromatic rings. The van der Waals surface area contributed by atoms with Crippen LogP contribution in [-0.4, -0.2) is 39.2 Å². The highest BCUT2D eigenvalue weighted by Crippen LogP contribution is 2.19. The normalized spacial score (nSPS) is 14.0. The third-order valence-electron chi connectivity index (χ3n) is 4.45. The van der Waals surface area contributed by atoms with Crippen molar-refractivity contribution in [1.29, 1.82) is 0 Å². The Bertz CT molecular complexity index is 975. The summed E-state index contributed by atoms with van der Waals surface area (Å²) in [5.74, 6) is -0.772. The molecular formula is C19H17FN4O2. The number of aromatic nitrogens is 2. The Hall–Kier alpha value is -3.22. The summed E-state index contributed by atoms with van der Waals surface area (Å²) < 4.78 is 14.7. The van der Waals surface area contributed by atoms with Gasteiger partial charge in [-0.25, -0.2) is 9.37 Å². The minimum absolute atomic E-state index is 0.164. The number of nitrogens with zero attached hydrogens (tertiary/aromatic N) is 3. The molecule has 2 amide bonds. The van der Waals surface area contributed by atoms with Crippen LogP contribution in [0.2, 0.25) is 0 Å². The molecule has 1 aliphatic heterocycles. The number of carbonyl (C=O) groups excluding carboxylic acids is 2. The Labute approximate surface area is 149 Å². The fraction of sp³-hybridized carbons (Fsp3) is 0.211. The molecule has 0 bridgehead atoms. The standard InChI is InChI=1S/C19H17FN4O2/c20-13-6-8-14(9-7-13)21-18(25)16-15-5-1-2-12-24(15)17(22-16)19(26)23-10-3-4-11-23/h1-2,5-9,12H,3-4,10-11H2,(H,21,25). The largest absolute Gasteiger partial charge is 0.336 e. The van der Waals surface area contributed by atoms with Gasteiger partial charge in [-0.2, -0.15) is 0 Å². The number of pyridine rings is 1. The molecular weight excluding hydrogens is 335 g/mol. The van der Waals surface area contributed by atoms with Crippen LogP contribution in [0.5, 0.6) is 0 Å². The summed E-state index contributed by atoms with van der Waals surface area (Å²) in [4.78, 5) is 31.5. The number of rotatable bonds is 3. The van der Waals surface area contributed by atoms with Gasteiger partial charge in [-0.3, -0.25) is 14.0 Å². The van der Waals surface area contributed by atoms with Crippen LogP contribution in [0.25, 0.3) is 5.52 Å². The van der Waals surface area contributed by atoms with E-state index in [1.165, 1.54) is 24.3 Å². The number of likely N-dealkylation sites (tertiary alicyclic amines) is 1. The van der Waals surface area contributed by atoms with Crippen LogP contribution in [0.4, 0.5) is 10.1 Å². The van der Waals surface area contributed by atoms with E-state index in [1.807, 2.05) is 0 Å². The Morgan fingerprint density at radius 1 is 1.04 bits per heavy atom. The Morgan fingerprint density at radius 2 is 1.77 bits per heavy atom. The van der Waals surface area contributed by atoms with Crippen LogP contribution in [0.3, 0.4) is 0 Å². The van der Waals surface area contributed by atoms with Gasteiger partial charge in [0.25, 0.3) is 11.8 Å². The van der Waals surface area contributed by atoms with E-state index in [2.05, 4.69) is 10.3 Å². The monoisotopic (exact) mass is 352 g/mol. The zero-order valence-corrected chi connectivity index (χ0v) is 14.0. The molecule has 1 aliphatic rings. The van der Waals surface area contributed by atoms with E-state index < -0.39 is 5.91 Å². The van der Waals surface area contributed by atoms with Gasteiger partial charge in [0, 0.05) is 25.0 Å². The third-order valence-corrected chi connectivity index (χ3v) is 4.45. The lowest BCUT2D eigenvalue weighted by atomic mass is 10.2. The highest BCUT2D eigenvalue weighted by atomic mass is 19.1. The molecule has 0 saturated carbocycles. The van der Waals surface area contributed by atoms with Gasteiger partial charge in [-0.05, 0) is 49.2 Å². The van der Waals surface area contributed by atoms with Crippen molar-refractivity contribution in [2.24, 2.45) is 0 Å². The Kier molecular flexibility index (Phi) is 4.12. The number of fused-ring (bicyclic) bond motifs is 1. The molecule has 1 saturated heterocycles. The smallest absolute Gasteiger partial charge is 0.290 e. The number of benzene rings is 1. The number of nitrogens with one attached hydrogen (secondary N) is 1. The van der Waals surface area contributed by atoms with E-state index in [9.17, 15) is 14.0 Å². The lowest BCUT2D eigenvalue weighted by molar-refractivity contribution is 0.0780. The highest BCUT2D eigenvalue weighted by molar-refractivity contribution is 6.08. The number of hydrogen-bond acceptors (Lipinski definition) is 3. The fourth-order valence-corrected chi connectivity index (χ4v) is 3.14. The number of anilines is 1. The van der Waals surface area contributed by atoms with Crippen LogP contribution in [0, 0.1) is 5.82 Å². The molecule has 6 nitrogen and oxygen atoms in total. The first-order chi connectivity index (χ1) is 12.6. The molecule has 0 spiro atoms. The number of hydrogen-bond donors (Lipinski definition) is 1. The predicted octanol–water partition coefficient (Wildman–Crippen LogP) is 2.96. The molecule has 2 aromatic heterocycles. The molecule has 7 heteroatoms. The maximum atomic E-state index is 13.0. The van der Waals surface area contributed by atoms with Crippen LogP contribution < -0.4 is 5.32 Å². The Morgan fingerprint density at radius 3 is 2.50 bits per heavy atom. The summed E-state index contributed by atoms with van der Waals surface area (Å²) in [7, 11) is 0. The summed E-state index contributed by atoms with van der Waals surface area (Å²) in [6.07, 6.45) is 3.68. The van der Waals surface area contributed by atoms with Crippen molar-refractivity contribution in [3.05, 3.63) is 66.0 Å². The van der Waals surface area contributed by atoms with Gasteiger partial charge in [-0.15, -0.1) is 0 Å². The molecule has 0 unspecified atom stereocenters. The molecule has 0 radical (unpaired) electrons. The summed E-state index contributed by atoms with van der Waals surface area (Å²) >= 11 is 0. The van der Waals surface area contributed by atoms with E-state index in [0.29, 0.717) is 24.3 Å². The lowest BCUT2D eigenvalue weighted by Gasteiger charge is -2.13. The van der Waals surface area contributed by atoms with Crippen molar-refractivity contribution in [3.63, 3.8) is 0 Å². The molecule has 132 valence electrons. The van der Waals surface area contributed by atoms with Crippen molar-refractivity contribution >= 4 is 23.0 Å². The van der Waals surface area contributed by atoms with E-state index in [0.717, 1.165) is 12.8 Å². The van der Waals surface area contributed by atoms with E-state index >= 15 is 0 Å². The average molecular weight is 352 g/mol. The average Bonchev–Trinajstić information content (AvgIpc) is 3.31. The van der Waals surface area contributed by atoms with E-state index in [4.69, 9.17) is 0 Å². The zero-order chi connectivity index (χ0) is 18.1. The molecule has 1 fully saturated rings. The predicted molar refractivity (Wildman–Crippen MR) is 94.7 cm³/mol. The summed E-state index contributed by atoms with van der Waals surface area (Å²) in [5, 5.41) is 2.69. The Balaban J connectivity index is 1.69. The second kappa shape index (κ2) is 6.59. The number of amides is 2. The van der Waals surface area contributed by atoms with Crippen LogP contribution >= 0.6 is 0 Å². The van der Waals surface area contributed by atoms with Crippen LogP contribution in [-0.2, 0) is 0 Å². The molecule has 4 rings (SSSR count). The van der Waals surface area contributed by atoms with Gasteiger partial charge in [0.05, 0.1) is 5.52 Å². The van der Waals surface area contributed by atoms with E-state index in [-0.39, 0.29) is 23.2 Å². The van der Waals surface area contributed by atoms with Crippen molar-refractivity contribution < 1.29 is 14.0 Å². The number of halogens is 1. The SMILES string of the molecule is O=C(Nc1ccc(F)cc1)c1nc(C(=O)N2CCCC2)n2ccccc12. The van der Waals surface area contributed by atoms with Crippen LogP contribution in [0.1, 0.15) is 33.9 Å². The molecule has 0 aliphatic carbocycles. The molecule has 3 heterocycles. The topological polar surface area (TPSA) is 66.7 Å². The first-order valence-corrected chi connectivity index (χ1v) is 8.47. The molecule has 0 atom stereocenters. The fourth-order valence-electron chi connectivity index (χ4n) is 3.14. The van der Waals surface area contributed by atoms with Crippen molar-refractivity contribution in [2.45, 2.75) is 12.8 Å². The first-order valence-electron chi connectivity index (χ1n) is 8.47. The van der Waals surface area contributed by atoms with Crippen molar-refractivity contribution in [3.8, 4) is 0 Å². The van der Waals surface area contributed by atoms with Crippen molar-refractivity contribution in [2.75, 3.05) is 18.4 Å². The van der Waals surface area contributed by atoms with Gasteiger partial charge in [0.1, 0.15) is 5.82 Å².